The maximum Gasteiger partial charge on any atom is 0.320 e. The van der Waals surface area contributed by atoms with Gasteiger partial charge in [0.2, 0.25) is 5.91 Å². The molecule has 21 heavy (non-hydrogen) atoms. The molecular weight excluding hydrogens is 268 g/mol. The largest absolute Gasteiger partial charge is 0.465 e. The fourth-order valence-corrected chi connectivity index (χ4v) is 2.05. The molecule has 0 saturated carbocycles. The Hall–Kier alpha value is -1.88. The highest BCUT2D eigenvalue weighted by Crippen LogP contribution is 2.09. The number of carbonyl (C=O) groups is 2. The van der Waals surface area contributed by atoms with Crippen molar-refractivity contribution in [1.29, 1.82) is 0 Å². The first-order chi connectivity index (χ1) is 10.0. The summed E-state index contributed by atoms with van der Waals surface area (Å²) in [6, 6.07) is 7.63. The minimum absolute atomic E-state index is 0.127. The molecule has 1 N–H and O–H groups in total. The Kier molecular flexibility index (Phi) is 7.46. The van der Waals surface area contributed by atoms with E-state index in [9.17, 15) is 9.59 Å². The molecule has 5 heteroatoms. The van der Waals surface area contributed by atoms with Crippen LogP contribution in [0.15, 0.2) is 24.3 Å². The summed E-state index contributed by atoms with van der Waals surface area (Å²) >= 11 is 0. The van der Waals surface area contributed by atoms with E-state index in [4.69, 9.17) is 4.74 Å². The average molecular weight is 292 g/mol. The van der Waals surface area contributed by atoms with Crippen LogP contribution in [-0.4, -0.2) is 43.0 Å². The van der Waals surface area contributed by atoms with Crippen molar-refractivity contribution < 1.29 is 14.3 Å². The molecule has 0 saturated heterocycles. The van der Waals surface area contributed by atoms with Crippen LogP contribution in [0, 0.1) is 6.92 Å². The normalized spacial score (nSPS) is 10.5. The van der Waals surface area contributed by atoms with Crippen LogP contribution < -0.4 is 5.32 Å². The highest BCUT2D eigenvalue weighted by molar-refractivity contribution is 5.92. The molecule has 0 aliphatic heterocycles. The van der Waals surface area contributed by atoms with Gasteiger partial charge in [-0.3, -0.25) is 14.5 Å². The molecule has 116 valence electrons. The van der Waals surface area contributed by atoms with Crippen molar-refractivity contribution in [1.82, 2.24) is 4.90 Å². The van der Waals surface area contributed by atoms with Crippen molar-refractivity contribution in [2.24, 2.45) is 0 Å². The summed E-state index contributed by atoms with van der Waals surface area (Å²) < 4.78 is 4.92. The first-order valence-electron chi connectivity index (χ1n) is 7.29. The van der Waals surface area contributed by atoms with Gasteiger partial charge >= 0.3 is 5.97 Å². The number of hydrogen-bond donors (Lipinski definition) is 1. The SMILES string of the molecule is CCCN(CC(=O)Nc1cccc(C)c1)CC(=O)OCC. The highest BCUT2D eigenvalue weighted by Gasteiger charge is 2.14. The van der Waals surface area contributed by atoms with E-state index in [0.717, 1.165) is 17.7 Å². The van der Waals surface area contributed by atoms with Crippen molar-refractivity contribution in [3.63, 3.8) is 0 Å². The molecule has 1 rings (SSSR count). The van der Waals surface area contributed by atoms with Gasteiger partial charge in [0.25, 0.3) is 0 Å². The van der Waals surface area contributed by atoms with Gasteiger partial charge in [-0.1, -0.05) is 19.1 Å². The summed E-state index contributed by atoms with van der Waals surface area (Å²) in [5.74, 6) is -0.423. The van der Waals surface area contributed by atoms with Crippen molar-refractivity contribution in [2.75, 3.05) is 31.6 Å². The zero-order chi connectivity index (χ0) is 15.7. The number of hydrogen-bond acceptors (Lipinski definition) is 4. The monoisotopic (exact) mass is 292 g/mol. The summed E-state index contributed by atoms with van der Waals surface area (Å²) in [5, 5.41) is 2.84. The molecule has 0 bridgehead atoms. The smallest absolute Gasteiger partial charge is 0.320 e. The number of nitrogens with zero attached hydrogens (tertiary/aromatic N) is 1. The number of amides is 1. The number of anilines is 1. The molecule has 1 amide bonds. The third-order valence-electron chi connectivity index (χ3n) is 2.87. The van der Waals surface area contributed by atoms with Gasteiger partial charge in [0.05, 0.1) is 19.7 Å². The fraction of sp³-hybridized carbons (Fsp3) is 0.500. The molecule has 0 spiro atoms. The summed E-state index contributed by atoms with van der Waals surface area (Å²) in [7, 11) is 0. The lowest BCUT2D eigenvalue weighted by atomic mass is 10.2. The van der Waals surface area contributed by atoms with Crippen LogP contribution >= 0.6 is 0 Å². The van der Waals surface area contributed by atoms with E-state index in [1.807, 2.05) is 38.1 Å². The van der Waals surface area contributed by atoms with E-state index in [2.05, 4.69) is 5.32 Å². The van der Waals surface area contributed by atoms with Gasteiger partial charge in [-0.25, -0.2) is 0 Å². The zero-order valence-electron chi connectivity index (χ0n) is 13.0. The second-order valence-corrected chi connectivity index (χ2v) is 4.93. The van der Waals surface area contributed by atoms with Crippen LogP contribution in [0.2, 0.25) is 0 Å². The molecule has 5 nitrogen and oxygen atoms in total. The Labute approximate surface area is 126 Å². The Balaban J connectivity index is 2.53. The average Bonchev–Trinajstić information content (AvgIpc) is 2.38. The number of carbonyl (C=O) groups excluding carboxylic acids is 2. The maximum atomic E-state index is 12.0. The molecule has 0 radical (unpaired) electrons. The van der Waals surface area contributed by atoms with Gasteiger partial charge in [0, 0.05) is 5.69 Å². The van der Waals surface area contributed by atoms with Crippen LogP contribution in [0.4, 0.5) is 5.69 Å². The van der Waals surface area contributed by atoms with Gasteiger partial charge in [-0.15, -0.1) is 0 Å². The maximum absolute atomic E-state index is 12.0. The lowest BCUT2D eigenvalue weighted by Crippen LogP contribution is -2.38. The number of benzene rings is 1. The van der Waals surface area contributed by atoms with Gasteiger partial charge in [-0.05, 0) is 44.5 Å². The Morgan fingerprint density at radius 2 is 2.00 bits per heavy atom. The molecule has 1 aromatic carbocycles. The lowest BCUT2D eigenvalue weighted by molar-refractivity contribution is -0.144. The van der Waals surface area contributed by atoms with Crippen LogP contribution in [0.5, 0.6) is 0 Å². The minimum atomic E-state index is -0.297. The third kappa shape index (κ3) is 6.90. The van der Waals surface area contributed by atoms with Crippen molar-refractivity contribution in [3.8, 4) is 0 Å². The van der Waals surface area contributed by atoms with Gasteiger partial charge < -0.3 is 10.1 Å². The quantitative estimate of drug-likeness (QED) is 0.746. The van der Waals surface area contributed by atoms with Crippen molar-refractivity contribution >= 4 is 17.6 Å². The Bertz CT molecular complexity index is 474. The van der Waals surface area contributed by atoms with Gasteiger partial charge in [0.15, 0.2) is 0 Å². The highest BCUT2D eigenvalue weighted by atomic mass is 16.5. The van der Waals surface area contributed by atoms with Crippen LogP contribution in [-0.2, 0) is 14.3 Å². The number of esters is 1. The van der Waals surface area contributed by atoms with Crippen LogP contribution in [0.1, 0.15) is 25.8 Å². The van der Waals surface area contributed by atoms with E-state index in [0.29, 0.717) is 13.2 Å². The summed E-state index contributed by atoms with van der Waals surface area (Å²) in [6.07, 6.45) is 0.872. The van der Waals surface area contributed by atoms with E-state index < -0.39 is 0 Å². The van der Waals surface area contributed by atoms with Crippen molar-refractivity contribution in [2.45, 2.75) is 27.2 Å². The molecule has 0 aromatic heterocycles. The molecule has 0 fully saturated rings. The Morgan fingerprint density at radius 1 is 1.24 bits per heavy atom. The number of nitrogens with one attached hydrogen (secondary N) is 1. The fourth-order valence-electron chi connectivity index (χ4n) is 2.05. The van der Waals surface area contributed by atoms with E-state index >= 15 is 0 Å². The topological polar surface area (TPSA) is 58.6 Å². The minimum Gasteiger partial charge on any atom is -0.465 e. The van der Waals surface area contributed by atoms with E-state index in [-0.39, 0.29) is 25.0 Å². The lowest BCUT2D eigenvalue weighted by Gasteiger charge is -2.20. The molecule has 0 atom stereocenters. The molecule has 0 unspecified atom stereocenters. The predicted molar refractivity (Wildman–Crippen MR) is 83.2 cm³/mol. The van der Waals surface area contributed by atoms with Crippen LogP contribution in [0.3, 0.4) is 0 Å². The number of aryl methyl sites for hydroxylation is 1. The first-order valence-corrected chi connectivity index (χ1v) is 7.29. The summed E-state index contributed by atoms with van der Waals surface area (Å²) in [5.41, 5.74) is 1.86. The third-order valence-corrected chi connectivity index (χ3v) is 2.87. The molecular formula is C16H24N2O3. The predicted octanol–water partition coefficient (Wildman–Crippen LogP) is 2.21. The molecule has 0 heterocycles. The van der Waals surface area contributed by atoms with Gasteiger partial charge in [0.1, 0.15) is 0 Å². The second kappa shape index (κ2) is 9.13. The molecule has 0 aliphatic rings. The standard InChI is InChI=1S/C16H24N2O3/c1-4-9-18(12-16(20)21-5-2)11-15(19)17-14-8-6-7-13(3)10-14/h6-8,10H,4-5,9,11-12H2,1-3H3,(H,17,19). The molecule has 0 aliphatic carbocycles. The van der Waals surface area contributed by atoms with Gasteiger partial charge in [-0.2, -0.15) is 0 Å². The zero-order valence-corrected chi connectivity index (χ0v) is 13.0. The number of ether oxygens (including phenoxy) is 1. The second-order valence-electron chi connectivity index (χ2n) is 4.93. The summed E-state index contributed by atoms with van der Waals surface area (Å²) in [4.78, 5) is 25.4. The van der Waals surface area contributed by atoms with E-state index in [1.165, 1.54) is 0 Å². The van der Waals surface area contributed by atoms with Crippen LogP contribution in [0.25, 0.3) is 0 Å². The molecule has 1 aromatic rings. The summed E-state index contributed by atoms with van der Waals surface area (Å²) in [6.45, 7) is 7.11. The Morgan fingerprint density at radius 3 is 2.62 bits per heavy atom. The van der Waals surface area contributed by atoms with Crippen molar-refractivity contribution in [3.05, 3.63) is 29.8 Å². The van der Waals surface area contributed by atoms with E-state index in [1.54, 1.807) is 11.8 Å². The number of rotatable bonds is 8. The first kappa shape index (κ1) is 17.2.